The second-order valence-electron chi connectivity index (χ2n) is 8.02. The summed E-state index contributed by atoms with van der Waals surface area (Å²) in [6.45, 7) is 3.27. The van der Waals surface area contributed by atoms with Gasteiger partial charge in [-0.3, -0.25) is 14.4 Å². The summed E-state index contributed by atoms with van der Waals surface area (Å²) in [7, 11) is 0. The molecule has 4 aliphatic rings. The van der Waals surface area contributed by atoms with Gasteiger partial charge in [-0.25, -0.2) is 0 Å². The van der Waals surface area contributed by atoms with Crippen molar-refractivity contribution in [2.45, 2.75) is 70.1 Å². The van der Waals surface area contributed by atoms with Gasteiger partial charge in [-0.1, -0.05) is 24.5 Å². The van der Waals surface area contributed by atoms with Crippen molar-refractivity contribution >= 4 is 5.91 Å². The Balaban J connectivity index is 1.33. The lowest BCUT2D eigenvalue weighted by Gasteiger charge is -2.49. The molecule has 0 spiro atoms. The number of aromatic nitrogens is 3. The van der Waals surface area contributed by atoms with Crippen LogP contribution in [0.2, 0.25) is 0 Å². The molecule has 4 atom stereocenters. The van der Waals surface area contributed by atoms with E-state index in [1.165, 1.54) is 19.3 Å². The summed E-state index contributed by atoms with van der Waals surface area (Å²) in [5, 5.41) is 11.6. The van der Waals surface area contributed by atoms with Crippen LogP contribution in [0.4, 0.5) is 0 Å². The van der Waals surface area contributed by atoms with Crippen LogP contribution in [0.3, 0.4) is 0 Å². The molecule has 1 unspecified atom stereocenters. The molecule has 4 fully saturated rings. The number of hydrogen-bond acceptors (Lipinski definition) is 5. The van der Waals surface area contributed by atoms with E-state index in [4.69, 9.17) is 5.73 Å². The van der Waals surface area contributed by atoms with Gasteiger partial charge in [0.25, 0.3) is 0 Å². The van der Waals surface area contributed by atoms with E-state index < -0.39 is 0 Å². The normalized spacial score (nSPS) is 32.7. The van der Waals surface area contributed by atoms with Crippen LogP contribution in [-0.4, -0.2) is 51.0 Å². The largest absolute Gasteiger partial charge is 0.353 e. The van der Waals surface area contributed by atoms with Gasteiger partial charge in [0, 0.05) is 31.4 Å². The number of piperidine rings is 3. The Bertz CT molecular complexity index is 596. The maximum atomic E-state index is 12.8. The number of nitrogens with zero attached hydrogens (tertiary/aromatic N) is 4. The second-order valence-corrected chi connectivity index (χ2v) is 8.02. The van der Waals surface area contributed by atoms with Crippen LogP contribution in [0.5, 0.6) is 0 Å². The molecule has 138 valence electrons. The first-order valence-corrected chi connectivity index (χ1v) is 9.86. The van der Waals surface area contributed by atoms with Gasteiger partial charge < -0.3 is 11.1 Å². The summed E-state index contributed by atoms with van der Waals surface area (Å²) in [4.78, 5) is 15.3. The van der Waals surface area contributed by atoms with E-state index in [1.54, 1.807) is 0 Å². The third-order valence-electron chi connectivity index (χ3n) is 6.36. The highest BCUT2D eigenvalue weighted by Gasteiger charge is 2.43. The van der Waals surface area contributed by atoms with Crippen LogP contribution in [0.1, 0.15) is 50.6 Å². The molecule has 3 N–H and O–H groups in total. The van der Waals surface area contributed by atoms with Gasteiger partial charge in [0.05, 0.1) is 18.2 Å². The molecule has 4 heterocycles. The average molecular weight is 346 g/mol. The van der Waals surface area contributed by atoms with Gasteiger partial charge in [-0.15, -0.1) is 5.10 Å². The average Bonchev–Trinajstić information content (AvgIpc) is 3.10. The summed E-state index contributed by atoms with van der Waals surface area (Å²) in [5.41, 5.74) is 6.45. The number of rotatable bonds is 5. The second kappa shape index (κ2) is 7.41. The van der Waals surface area contributed by atoms with E-state index in [0.29, 0.717) is 30.5 Å². The fourth-order valence-corrected chi connectivity index (χ4v) is 4.92. The molecule has 3 aliphatic heterocycles. The van der Waals surface area contributed by atoms with E-state index in [1.807, 2.05) is 10.9 Å². The maximum Gasteiger partial charge on any atom is 0.224 e. The number of nitrogens with two attached hydrogens (primary N) is 1. The van der Waals surface area contributed by atoms with Crippen LogP contribution in [0.15, 0.2) is 6.20 Å². The number of amides is 1. The van der Waals surface area contributed by atoms with Crippen LogP contribution in [-0.2, 0) is 17.9 Å². The van der Waals surface area contributed by atoms with Crippen molar-refractivity contribution in [3.63, 3.8) is 0 Å². The third kappa shape index (κ3) is 3.72. The molecule has 25 heavy (non-hydrogen) atoms. The number of carbonyl (C=O) groups is 1. The van der Waals surface area contributed by atoms with Gasteiger partial charge in [0.15, 0.2) is 0 Å². The Morgan fingerprint density at radius 1 is 1.28 bits per heavy atom. The smallest absolute Gasteiger partial charge is 0.224 e. The molecular weight excluding hydrogens is 316 g/mol. The molecule has 7 heteroatoms. The van der Waals surface area contributed by atoms with Crippen LogP contribution in [0.25, 0.3) is 0 Å². The van der Waals surface area contributed by atoms with Crippen molar-refractivity contribution in [1.29, 1.82) is 0 Å². The molecular formula is C18H30N6O. The van der Waals surface area contributed by atoms with Gasteiger partial charge in [0.2, 0.25) is 5.91 Å². The molecule has 0 radical (unpaired) electrons. The van der Waals surface area contributed by atoms with E-state index in [9.17, 15) is 4.79 Å². The van der Waals surface area contributed by atoms with E-state index in [2.05, 4.69) is 20.5 Å². The predicted octanol–water partition coefficient (Wildman–Crippen LogP) is 0.896. The van der Waals surface area contributed by atoms with Gasteiger partial charge in [0.1, 0.15) is 0 Å². The molecule has 1 aliphatic carbocycles. The van der Waals surface area contributed by atoms with Crippen LogP contribution < -0.4 is 11.1 Å². The highest BCUT2D eigenvalue weighted by molar-refractivity contribution is 5.79. The minimum atomic E-state index is 0.169. The van der Waals surface area contributed by atoms with Crippen LogP contribution in [0, 0.1) is 11.8 Å². The first-order chi connectivity index (χ1) is 12.2. The third-order valence-corrected chi connectivity index (χ3v) is 6.36. The molecule has 1 amide bonds. The van der Waals surface area contributed by atoms with Crippen molar-refractivity contribution < 1.29 is 4.79 Å². The Morgan fingerprint density at radius 3 is 2.80 bits per heavy atom. The minimum absolute atomic E-state index is 0.169. The molecule has 3 saturated heterocycles. The van der Waals surface area contributed by atoms with Gasteiger partial charge in [-0.05, 0) is 38.1 Å². The highest BCUT2D eigenvalue weighted by atomic mass is 16.2. The zero-order valence-electron chi connectivity index (χ0n) is 14.9. The number of nitrogens with one attached hydrogen (secondary N) is 1. The fourth-order valence-electron chi connectivity index (χ4n) is 4.92. The van der Waals surface area contributed by atoms with Crippen LogP contribution >= 0.6 is 0 Å². The minimum Gasteiger partial charge on any atom is -0.353 e. The molecule has 1 aromatic rings. The van der Waals surface area contributed by atoms with E-state index >= 15 is 0 Å². The SMILES string of the molecule is NCc1cn(C[C@H]2C[C@H]3CCN2C[C@@H]3C(=O)NC2CCCCC2)nn1. The summed E-state index contributed by atoms with van der Waals surface area (Å²) >= 11 is 0. The van der Waals surface area contributed by atoms with E-state index in [-0.39, 0.29) is 5.92 Å². The monoisotopic (exact) mass is 346 g/mol. The first-order valence-electron chi connectivity index (χ1n) is 9.86. The van der Waals surface area contributed by atoms with Gasteiger partial charge >= 0.3 is 0 Å². The zero-order valence-corrected chi connectivity index (χ0v) is 14.9. The summed E-state index contributed by atoms with van der Waals surface area (Å²) in [5.74, 6) is 0.976. The van der Waals surface area contributed by atoms with E-state index in [0.717, 1.165) is 51.0 Å². The summed E-state index contributed by atoms with van der Waals surface area (Å²) in [6, 6.07) is 0.877. The van der Waals surface area contributed by atoms with Crippen molar-refractivity contribution in [3.8, 4) is 0 Å². The fraction of sp³-hybridized carbons (Fsp3) is 0.833. The highest BCUT2D eigenvalue weighted by Crippen LogP contribution is 2.37. The Morgan fingerprint density at radius 2 is 2.12 bits per heavy atom. The topological polar surface area (TPSA) is 89.1 Å². The lowest BCUT2D eigenvalue weighted by Crippen LogP contribution is -2.58. The molecule has 5 rings (SSSR count). The molecule has 2 bridgehead atoms. The van der Waals surface area contributed by atoms with Crippen molar-refractivity contribution in [1.82, 2.24) is 25.2 Å². The summed E-state index contributed by atoms with van der Waals surface area (Å²) < 4.78 is 1.91. The Labute approximate surface area is 149 Å². The standard InChI is InChI=1S/C18H30N6O/c19-9-15-10-24(22-21-15)11-16-8-13-6-7-23(16)12-17(13)18(25)20-14-4-2-1-3-5-14/h10,13-14,16-17H,1-9,11-12,19H2,(H,20,25)/t13-,16-,17+/m1/s1. The first kappa shape index (κ1) is 17.0. The number of carbonyl (C=O) groups excluding carboxylic acids is 1. The summed E-state index contributed by atoms with van der Waals surface area (Å²) in [6.07, 6.45) is 10.3. The predicted molar refractivity (Wildman–Crippen MR) is 94.5 cm³/mol. The Kier molecular flexibility index (Phi) is 5.03. The Hall–Kier alpha value is -1.47. The number of hydrogen-bond donors (Lipinski definition) is 2. The lowest BCUT2D eigenvalue weighted by molar-refractivity contribution is -0.134. The molecule has 1 saturated carbocycles. The quantitative estimate of drug-likeness (QED) is 0.827. The maximum absolute atomic E-state index is 12.8. The lowest BCUT2D eigenvalue weighted by atomic mass is 9.75. The van der Waals surface area contributed by atoms with Crippen molar-refractivity contribution in [2.24, 2.45) is 17.6 Å². The van der Waals surface area contributed by atoms with Gasteiger partial charge in [-0.2, -0.15) is 0 Å². The molecule has 1 aromatic heterocycles. The zero-order chi connectivity index (χ0) is 17.2. The molecule has 7 nitrogen and oxygen atoms in total. The molecule has 0 aromatic carbocycles. The number of fused-ring (bicyclic) bond motifs is 3. The van der Waals surface area contributed by atoms with Crippen molar-refractivity contribution in [3.05, 3.63) is 11.9 Å². The van der Waals surface area contributed by atoms with Crippen molar-refractivity contribution in [2.75, 3.05) is 13.1 Å².